The summed E-state index contributed by atoms with van der Waals surface area (Å²) in [7, 11) is 0. The number of hydrogen-bond acceptors (Lipinski definition) is 3. The Morgan fingerprint density at radius 1 is 1.39 bits per heavy atom. The summed E-state index contributed by atoms with van der Waals surface area (Å²) >= 11 is 5.75. The molecule has 1 nitrogen and oxygen atoms in total. The fourth-order valence-electron chi connectivity index (χ4n) is 1.47. The molecule has 1 unspecified atom stereocenters. The van der Waals surface area contributed by atoms with E-state index in [1.165, 1.54) is 17.8 Å². The van der Waals surface area contributed by atoms with Crippen LogP contribution in [0.2, 0.25) is 0 Å². The molecule has 0 amide bonds. The highest BCUT2D eigenvalue weighted by atomic mass is 32.2. The predicted molar refractivity (Wildman–Crippen MR) is 72.2 cm³/mol. The Morgan fingerprint density at radius 2 is 2.11 bits per heavy atom. The van der Waals surface area contributed by atoms with Crippen LogP contribution in [0.1, 0.15) is 25.3 Å². The van der Waals surface area contributed by atoms with Crippen LogP contribution in [0.5, 0.6) is 0 Å². The minimum absolute atomic E-state index is 0.479. The number of thioether (sulfide) groups is 1. The molecule has 0 bridgehead atoms. The predicted octanol–water partition coefficient (Wildman–Crippen LogP) is 4.54. The zero-order valence-corrected chi connectivity index (χ0v) is 11.8. The van der Waals surface area contributed by atoms with E-state index in [4.69, 9.17) is 0 Å². The first-order valence-electron chi connectivity index (χ1n) is 5.74. The Kier molecular flexibility index (Phi) is 6.35. The van der Waals surface area contributed by atoms with Crippen molar-refractivity contribution in [3.63, 3.8) is 0 Å². The highest BCUT2D eigenvalue weighted by Crippen LogP contribution is 2.30. The molecule has 1 rings (SSSR count). The van der Waals surface area contributed by atoms with Gasteiger partial charge in [0.15, 0.2) is 0 Å². The van der Waals surface area contributed by atoms with Gasteiger partial charge in [-0.2, -0.15) is 25.8 Å². The lowest BCUT2D eigenvalue weighted by molar-refractivity contribution is -0.137. The summed E-state index contributed by atoms with van der Waals surface area (Å²) in [5.41, 5.74) is -0.703. The van der Waals surface area contributed by atoms with Crippen molar-refractivity contribution >= 4 is 24.4 Å². The molecular weight excluding hydrogens is 279 g/mol. The molecule has 0 spiro atoms. The standard InChI is InChI=1S/C12H16F3NS2/c1-2-3-9(7-17)8-18-11-5-4-10(6-16-11)12(13,14)15/h4-6,9,17H,2-3,7-8H2,1H3. The van der Waals surface area contributed by atoms with Gasteiger partial charge in [0, 0.05) is 11.9 Å². The van der Waals surface area contributed by atoms with Gasteiger partial charge in [0.2, 0.25) is 0 Å². The second kappa shape index (κ2) is 7.28. The van der Waals surface area contributed by atoms with E-state index in [0.29, 0.717) is 10.9 Å². The van der Waals surface area contributed by atoms with Crippen LogP contribution in [-0.2, 0) is 6.18 Å². The topological polar surface area (TPSA) is 12.9 Å². The van der Waals surface area contributed by atoms with Crippen molar-refractivity contribution in [1.29, 1.82) is 0 Å². The van der Waals surface area contributed by atoms with Crippen LogP contribution in [0.15, 0.2) is 23.4 Å². The number of rotatable bonds is 6. The highest BCUT2D eigenvalue weighted by molar-refractivity contribution is 7.99. The van der Waals surface area contributed by atoms with E-state index < -0.39 is 11.7 Å². The number of hydrogen-bond donors (Lipinski definition) is 1. The van der Waals surface area contributed by atoms with Gasteiger partial charge in [0.05, 0.1) is 10.6 Å². The lowest BCUT2D eigenvalue weighted by Gasteiger charge is -2.12. The molecule has 0 aliphatic heterocycles. The van der Waals surface area contributed by atoms with Gasteiger partial charge in [-0.1, -0.05) is 13.3 Å². The summed E-state index contributed by atoms with van der Waals surface area (Å²) in [6.45, 7) is 2.11. The minimum Gasteiger partial charge on any atom is -0.249 e. The number of halogens is 3. The van der Waals surface area contributed by atoms with E-state index in [-0.39, 0.29) is 0 Å². The van der Waals surface area contributed by atoms with E-state index in [0.717, 1.165) is 36.6 Å². The molecule has 1 heterocycles. The quantitative estimate of drug-likeness (QED) is 0.611. The smallest absolute Gasteiger partial charge is 0.249 e. The molecule has 102 valence electrons. The summed E-state index contributed by atoms with van der Waals surface area (Å²) in [6, 6.07) is 2.50. The van der Waals surface area contributed by atoms with Gasteiger partial charge in [-0.15, -0.1) is 11.8 Å². The summed E-state index contributed by atoms with van der Waals surface area (Å²) in [5, 5.41) is 0.630. The van der Waals surface area contributed by atoms with Crippen LogP contribution in [0, 0.1) is 5.92 Å². The van der Waals surface area contributed by atoms with Crippen LogP contribution in [0.4, 0.5) is 13.2 Å². The molecule has 0 saturated carbocycles. The summed E-state index contributed by atoms with van der Waals surface area (Å²) in [6.07, 6.45) is -1.26. The maximum absolute atomic E-state index is 12.3. The number of thiol groups is 1. The fourth-order valence-corrected chi connectivity index (χ4v) is 2.94. The summed E-state index contributed by atoms with van der Waals surface area (Å²) < 4.78 is 37.0. The van der Waals surface area contributed by atoms with Crippen molar-refractivity contribution in [3.8, 4) is 0 Å². The maximum atomic E-state index is 12.3. The third kappa shape index (κ3) is 5.10. The van der Waals surface area contributed by atoms with Gasteiger partial charge in [0.1, 0.15) is 0 Å². The number of aromatic nitrogens is 1. The van der Waals surface area contributed by atoms with E-state index in [9.17, 15) is 13.2 Å². The van der Waals surface area contributed by atoms with Crippen LogP contribution >= 0.6 is 24.4 Å². The first kappa shape index (κ1) is 15.7. The molecule has 0 aliphatic carbocycles. The van der Waals surface area contributed by atoms with Crippen molar-refractivity contribution in [2.45, 2.75) is 31.0 Å². The molecule has 1 aromatic rings. The third-order valence-electron chi connectivity index (χ3n) is 2.49. The van der Waals surface area contributed by atoms with E-state index in [1.54, 1.807) is 0 Å². The van der Waals surface area contributed by atoms with E-state index in [2.05, 4.69) is 24.5 Å². The Hall–Kier alpha value is -0.360. The fraction of sp³-hybridized carbons (Fsp3) is 0.583. The number of alkyl halides is 3. The molecule has 0 aliphatic rings. The number of nitrogens with zero attached hydrogens (tertiary/aromatic N) is 1. The highest BCUT2D eigenvalue weighted by Gasteiger charge is 2.30. The molecule has 1 aromatic heterocycles. The molecule has 0 aromatic carbocycles. The molecule has 1 atom stereocenters. The Morgan fingerprint density at radius 3 is 2.56 bits per heavy atom. The average molecular weight is 295 g/mol. The summed E-state index contributed by atoms with van der Waals surface area (Å²) in [5.74, 6) is 2.12. The van der Waals surface area contributed by atoms with Crippen molar-refractivity contribution < 1.29 is 13.2 Å². The summed E-state index contributed by atoms with van der Waals surface area (Å²) in [4.78, 5) is 3.83. The first-order chi connectivity index (χ1) is 8.47. The van der Waals surface area contributed by atoms with Crippen LogP contribution in [0.25, 0.3) is 0 Å². The molecule has 6 heteroatoms. The first-order valence-corrected chi connectivity index (χ1v) is 7.36. The molecule has 18 heavy (non-hydrogen) atoms. The van der Waals surface area contributed by atoms with Crippen molar-refractivity contribution in [3.05, 3.63) is 23.9 Å². The number of pyridine rings is 1. The SMILES string of the molecule is CCCC(CS)CSc1ccc(C(F)(F)F)cn1. The van der Waals surface area contributed by atoms with Crippen LogP contribution < -0.4 is 0 Å². The van der Waals surface area contributed by atoms with Gasteiger partial charge < -0.3 is 0 Å². The average Bonchev–Trinajstić information content (AvgIpc) is 2.34. The molecular formula is C12H16F3NS2. The third-order valence-corrected chi connectivity index (χ3v) is 4.18. The van der Waals surface area contributed by atoms with Crippen molar-refractivity contribution in [2.75, 3.05) is 11.5 Å². The lowest BCUT2D eigenvalue weighted by atomic mass is 10.1. The van der Waals surface area contributed by atoms with Crippen molar-refractivity contribution in [2.24, 2.45) is 5.92 Å². The Bertz CT molecular complexity index is 351. The van der Waals surface area contributed by atoms with Crippen LogP contribution in [-0.4, -0.2) is 16.5 Å². The zero-order chi connectivity index (χ0) is 13.6. The largest absolute Gasteiger partial charge is 0.417 e. The molecule has 0 radical (unpaired) electrons. The van der Waals surface area contributed by atoms with Gasteiger partial charge in [-0.05, 0) is 30.2 Å². The monoisotopic (exact) mass is 295 g/mol. The lowest BCUT2D eigenvalue weighted by Crippen LogP contribution is -2.07. The normalized spacial score (nSPS) is 13.6. The van der Waals surface area contributed by atoms with Gasteiger partial charge in [-0.3, -0.25) is 0 Å². The molecule has 0 fully saturated rings. The van der Waals surface area contributed by atoms with Crippen molar-refractivity contribution in [1.82, 2.24) is 4.98 Å². The second-order valence-corrected chi connectivity index (χ2v) is 5.44. The van der Waals surface area contributed by atoms with Gasteiger partial charge in [0.25, 0.3) is 0 Å². The molecule has 0 N–H and O–H groups in total. The van der Waals surface area contributed by atoms with E-state index >= 15 is 0 Å². The zero-order valence-electron chi connectivity index (χ0n) is 10.1. The minimum atomic E-state index is -4.31. The van der Waals surface area contributed by atoms with Gasteiger partial charge >= 0.3 is 6.18 Å². The maximum Gasteiger partial charge on any atom is 0.417 e. The van der Waals surface area contributed by atoms with E-state index in [1.807, 2.05) is 0 Å². The Balaban J connectivity index is 2.53. The Labute approximate surface area is 115 Å². The second-order valence-electron chi connectivity index (χ2n) is 4.03. The van der Waals surface area contributed by atoms with Gasteiger partial charge in [-0.25, -0.2) is 4.98 Å². The molecule has 0 saturated heterocycles. The van der Waals surface area contributed by atoms with Crippen LogP contribution in [0.3, 0.4) is 0 Å².